The second-order valence-electron chi connectivity index (χ2n) is 4.73. The summed E-state index contributed by atoms with van der Waals surface area (Å²) in [6, 6.07) is 9.28. The van der Waals surface area contributed by atoms with Crippen LogP contribution in [0.4, 0.5) is 0 Å². The highest BCUT2D eigenvalue weighted by molar-refractivity contribution is 6.06. The molecule has 6 nitrogen and oxygen atoms in total. The molecule has 2 aromatic heterocycles. The summed E-state index contributed by atoms with van der Waals surface area (Å²) in [6.45, 7) is 3.92. The Balaban J connectivity index is 2.12. The standard InChI is InChI=1S/C15H13N5O/c1-10-5-3-6-11(2)13(10)20-15(17-18-19-20)14(21)12-7-4-8-16-9-12/h3-9H,1-2H3. The molecule has 0 aliphatic heterocycles. The summed E-state index contributed by atoms with van der Waals surface area (Å²) in [6.07, 6.45) is 3.12. The zero-order valence-electron chi connectivity index (χ0n) is 11.7. The van der Waals surface area contributed by atoms with Gasteiger partial charge in [0.1, 0.15) is 0 Å². The molecule has 0 bridgehead atoms. The molecule has 0 spiro atoms. The van der Waals surface area contributed by atoms with Gasteiger partial charge >= 0.3 is 0 Å². The molecule has 0 aliphatic rings. The van der Waals surface area contributed by atoms with Crippen LogP contribution in [0, 0.1) is 13.8 Å². The van der Waals surface area contributed by atoms with Crippen molar-refractivity contribution >= 4 is 5.78 Å². The third-order valence-corrected chi connectivity index (χ3v) is 3.25. The predicted molar refractivity (Wildman–Crippen MR) is 76.3 cm³/mol. The van der Waals surface area contributed by atoms with Gasteiger partial charge in [0.25, 0.3) is 0 Å². The van der Waals surface area contributed by atoms with Crippen molar-refractivity contribution in [1.29, 1.82) is 0 Å². The van der Waals surface area contributed by atoms with Crippen LogP contribution in [-0.2, 0) is 0 Å². The summed E-state index contributed by atoms with van der Waals surface area (Å²) in [5.74, 6) is -0.0730. The molecule has 6 heteroatoms. The third kappa shape index (κ3) is 2.31. The normalized spacial score (nSPS) is 10.6. The lowest BCUT2D eigenvalue weighted by atomic mass is 10.1. The van der Waals surface area contributed by atoms with Crippen LogP contribution in [0.2, 0.25) is 0 Å². The van der Waals surface area contributed by atoms with Crippen LogP contribution in [0.5, 0.6) is 0 Å². The van der Waals surface area contributed by atoms with Gasteiger partial charge in [0, 0.05) is 18.0 Å². The highest BCUT2D eigenvalue weighted by atomic mass is 16.1. The van der Waals surface area contributed by atoms with Gasteiger partial charge in [0.15, 0.2) is 0 Å². The lowest BCUT2D eigenvalue weighted by Crippen LogP contribution is -2.13. The summed E-state index contributed by atoms with van der Waals surface area (Å²) in [5.41, 5.74) is 3.29. The molecule has 0 saturated heterocycles. The van der Waals surface area contributed by atoms with Gasteiger partial charge in [0.2, 0.25) is 11.6 Å². The number of tetrazole rings is 1. The summed E-state index contributed by atoms with van der Waals surface area (Å²) >= 11 is 0. The minimum absolute atomic E-state index is 0.181. The first kappa shape index (κ1) is 13.1. The third-order valence-electron chi connectivity index (χ3n) is 3.25. The van der Waals surface area contributed by atoms with Gasteiger partial charge in [-0.05, 0) is 47.5 Å². The van der Waals surface area contributed by atoms with Crippen molar-refractivity contribution < 1.29 is 4.79 Å². The van der Waals surface area contributed by atoms with E-state index in [0.29, 0.717) is 5.56 Å². The SMILES string of the molecule is Cc1cccc(C)c1-n1nnnc1C(=O)c1cccnc1. The van der Waals surface area contributed by atoms with E-state index >= 15 is 0 Å². The quantitative estimate of drug-likeness (QED) is 0.685. The Bertz CT molecular complexity index is 775. The molecule has 2 heterocycles. The van der Waals surface area contributed by atoms with E-state index in [1.165, 1.54) is 10.9 Å². The van der Waals surface area contributed by atoms with Crippen LogP contribution >= 0.6 is 0 Å². The zero-order valence-corrected chi connectivity index (χ0v) is 11.7. The number of ketones is 1. The van der Waals surface area contributed by atoms with Crippen molar-refractivity contribution in [2.75, 3.05) is 0 Å². The second-order valence-corrected chi connectivity index (χ2v) is 4.73. The van der Waals surface area contributed by atoms with E-state index < -0.39 is 0 Å². The molecule has 21 heavy (non-hydrogen) atoms. The Morgan fingerprint density at radius 1 is 1.10 bits per heavy atom. The Morgan fingerprint density at radius 2 is 1.86 bits per heavy atom. The first-order valence-electron chi connectivity index (χ1n) is 6.48. The van der Waals surface area contributed by atoms with E-state index in [4.69, 9.17) is 0 Å². The molecule has 0 unspecified atom stereocenters. The minimum atomic E-state index is -0.254. The molecule has 3 rings (SSSR count). The molecule has 104 valence electrons. The smallest absolute Gasteiger partial charge is 0.233 e. The highest BCUT2D eigenvalue weighted by Gasteiger charge is 2.20. The Labute approximate surface area is 121 Å². The molecule has 3 aromatic rings. The van der Waals surface area contributed by atoms with E-state index in [1.807, 2.05) is 32.0 Å². The largest absolute Gasteiger partial charge is 0.285 e. The van der Waals surface area contributed by atoms with Crippen molar-refractivity contribution in [1.82, 2.24) is 25.2 Å². The molecule has 0 amide bonds. The Morgan fingerprint density at radius 3 is 2.52 bits per heavy atom. The number of para-hydroxylation sites is 1. The molecular formula is C15H13N5O. The van der Waals surface area contributed by atoms with E-state index in [-0.39, 0.29) is 11.6 Å². The van der Waals surface area contributed by atoms with E-state index in [1.54, 1.807) is 18.3 Å². The number of nitrogens with zero attached hydrogens (tertiary/aromatic N) is 5. The fraction of sp³-hybridized carbons (Fsp3) is 0.133. The second kappa shape index (κ2) is 5.24. The zero-order chi connectivity index (χ0) is 14.8. The van der Waals surface area contributed by atoms with Gasteiger partial charge in [-0.3, -0.25) is 9.78 Å². The maximum Gasteiger partial charge on any atom is 0.233 e. The van der Waals surface area contributed by atoms with Crippen LogP contribution in [0.25, 0.3) is 5.69 Å². The molecule has 0 N–H and O–H groups in total. The number of hydrogen-bond donors (Lipinski definition) is 0. The Kier molecular flexibility index (Phi) is 3.27. The summed E-state index contributed by atoms with van der Waals surface area (Å²) < 4.78 is 1.49. The number of benzene rings is 1. The van der Waals surface area contributed by atoms with Gasteiger partial charge in [0.05, 0.1) is 5.69 Å². The first-order valence-corrected chi connectivity index (χ1v) is 6.48. The predicted octanol–water partition coefficient (Wildman–Crippen LogP) is 1.91. The van der Waals surface area contributed by atoms with Crippen LogP contribution in [-0.4, -0.2) is 31.0 Å². The number of aryl methyl sites for hydroxylation is 2. The van der Waals surface area contributed by atoms with Gasteiger partial charge in [-0.25, -0.2) is 0 Å². The van der Waals surface area contributed by atoms with Crippen LogP contribution in [0.15, 0.2) is 42.7 Å². The fourth-order valence-electron chi connectivity index (χ4n) is 2.25. The van der Waals surface area contributed by atoms with E-state index in [2.05, 4.69) is 20.5 Å². The summed E-state index contributed by atoms with van der Waals surface area (Å²) in [7, 11) is 0. The van der Waals surface area contributed by atoms with Gasteiger partial charge in [-0.2, -0.15) is 4.68 Å². The number of pyridine rings is 1. The molecular weight excluding hydrogens is 266 g/mol. The van der Waals surface area contributed by atoms with Gasteiger partial charge in [-0.15, -0.1) is 5.10 Å². The topological polar surface area (TPSA) is 73.6 Å². The average Bonchev–Trinajstić information content (AvgIpc) is 2.96. The number of rotatable bonds is 3. The number of aromatic nitrogens is 5. The first-order chi connectivity index (χ1) is 10.2. The lowest BCUT2D eigenvalue weighted by molar-refractivity contribution is 0.102. The average molecular weight is 279 g/mol. The molecule has 1 aromatic carbocycles. The van der Waals surface area contributed by atoms with Crippen LogP contribution < -0.4 is 0 Å². The van der Waals surface area contributed by atoms with Gasteiger partial charge in [-0.1, -0.05) is 18.2 Å². The molecule has 0 atom stereocenters. The lowest BCUT2D eigenvalue weighted by Gasteiger charge is -2.10. The van der Waals surface area contributed by atoms with Crippen molar-refractivity contribution in [3.05, 3.63) is 65.2 Å². The summed E-state index contributed by atoms with van der Waals surface area (Å²) in [5, 5.41) is 11.5. The van der Waals surface area contributed by atoms with E-state index in [0.717, 1.165) is 16.8 Å². The summed E-state index contributed by atoms with van der Waals surface area (Å²) in [4.78, 5) is 16.5. The van der Waals surface area contributed by atoms with Crippen LogP contribution in [0.3, 0.4) is 0 Å². The molecule has 0 radical (unpaired) electrons. The van der Waals surface area contributed by atoms with Crippen molar-refractivity contribution in [2.45, 2.75) is 13.8 Å². The van der Waals surface area contributed by atoms with Crippen molar-refractivity contribution in [3.63, 3.8) is 0 Å². The van der Waals surface area contributed by atoms with Crippen molar-refractivity contribution in [2.24, 2.45) is 0 Å². The maximum absolute atomic E-state index is 12.5. The fourth-order valence-corrected chi connectivity index (χ4v) is 2.25. The Hall–Kier alpha value is -2.89. The van der Waals surface area contributed by atoms with Gasteiger partial charge < -0.3 is 0 Å². The molecule has 0 fully saturated rings. The molecule has 0 aliphatic carbocycles. The number of carbonyl (C=O) groups is 1. The minimum Gasteiger partial charge on any atom is -0.285 e. The monoisotopic (exact) mass is 279 g/mol. The maximum atomic E-state index is 12.5. The van der Waals surface area contributed by atoms with E-state index in [9.17, 15) is 4.79 Å². The number of carbonyl (C=O) groups excluding carboxylic acids is 1. The van der Waals surface area contributed by atoms with Crippen molar-refractivity contribution in [3.8, 4) is 5.69 Å². The molecule has 0 saturated carbocycles. The number of hydrogen-bond acceptors (Lipinski definition) is 5. The van der Waals surface area contributed by atoms with Crippen LogP contribution in [0.1, 0.15) is 27.3 Å². The highest BCUT2D eigenvalue weighted by Crippen LogP contribution is 2.19.